The molecule has 0 radical (unpaired) electrons. The Hall–Kier alpha value is -3.40. The van der Waals surface area contributed by atoms with Gasteiger partial charge in [-0.2, -0.15) is 5.10 Å². The molecule has 1 unspecified atom stereocenters. The second-order valence-electron chi connectivity index (χ2n) is 9.08. The van der Waals surface area contributed by atoms with E-state index in [1.165, 1.54) is 12.8 Å². The van der Waals surface area contributed by atoms with E-state index >= 15 is 0 Å². The maximum Gasteiger partial charge on any atom is 0.328 e. The third-order valence-electron chi connectivity index (χ3n) is 5.91. The van der Waals surface area contributed by atoms with Crippen LogP contribution in [0.25, 0.3) is 0 Å². The number of carbonyl (C=O) groups excluding carboxylic acids is 3. The van der Waals surface area contributed by atoms with Crippen LogP contribution in [0.2, 0.25) is 0 Å². The molecule has 1 aromatic rings. The summed E-state index contributed by atoms with van der Waals surface area (Å²) in [5.41, 5.74) is -0.696. The molecular formula is C26H36N4O6. The van der Waals surface area contributed by atoms with Gasteiger partial charge in [0.15, 0.2) is 0 Å². The molecule has 36 heavy (non-hydrogen) atoms. The molecule has 4 amide bonds. The zero-order valence-electron chi connectivity index (χ0n) is 21.6. The number of imide groups is 2. The average molecular weight is 501 g/mol. The molecule has 1 saturated heterocycles. The Morgan fingerprint density at radius 1 is 1.06 bits per heavy atom. The number of methoxy groups -OCH3 is 1. The van der Waals surface area contributed by atoms with Crippen molar-refractivity contribution in [1.82, 2.24) is 15.6 Å². The van der Waals surface area contributed by atoms with E-state index in [4.69, 9.17) is 19.3 Å². The van der Waals surface area contributed by atoms with Crippen LogP contribution in [-0.4, -0.2) is 61.0 Å². The Morgan fingerprint density at radius 3 is 2.31 bits per heavy atom. The van der Waals surface area contributed by atoms with Crippen LogP contribution in [0, 0.1) is 11.8 Å². The number of hydrogen-bond donors (Lipinski definition) is 2. The standard InChI is InChI=1S/C24H30N4O6.C2H6/c1-15(2)13-28-14-16-12-19(8-9-20(16)27-28)33-17-4-6-18(7-5-17)34-24(10-11-32-3)21(29)25-23(31)26-22(24)30;1-2/h4-7,12,15-16H,8-11,13-14H2,1-3H3,(H2,25,26,29,30,31);1-2H3. The SMILES string of the molecule is CC.COCCC1(Oc2ccc(OC3=CC4CN(CC(C)C)N=C4CC3)cc2)C(=O)NC(=O)NC1=O. The minimum absolute atomic E-state index is 0.0569. The first-order valence-corrected chi connectivity index (χ1v) is 12.4. The van der Waals surface area contributed by atoms with Crippen molar-refractivity contribution in [2.24, 2.45) is 16.9 Å². The summed E-state index contributed by atoms with van der Waals surface area (Å²) in [6.45, 7) is 10.3. The molecule has 4 rings (SSSR count). The van der Waals surface area contributed by atoms with Gasteiger partial charge in [-0.05, 0) is 42.7 Å². The second-order valence-corrected chi connectivity index (χ2v) is 9.08. The molecule has 1 fully saturated rings. The molecule has 3 aliphatic rings. The van der Waals surface area contributed by atoms with Gasteiger partial charge in [0.2, 0.25) is 0 Å². The van der Waals surface area contributed by atoms with E-state index in [9.17, 15) is 14.4 Å². The fourth-order valence-electron chi connectivity index (χ4n) is 4.28. The zero-order chi connectivity index (χ0) is 26.3. The third kappa shape index (κ3) is 6.23. The van der Waals surface area contributed by atoms with Gasteiger partial charge in [0.05, 0.1) is 6.61 Å². The predicted molar refractivity (Wildman–Crippen MR) is 135 cm³/mol. The molecule has 196 valence electrons. The second kappa shape index (κ2) is 12.0. The minimum Gasteiger partial charge on any atom is -0.467 e. The Balaban J connectivity index is 0.00000176. The summed E-state index contributed by atoms with van der Waals surface area (Å²) in [4.78, 5) is 36.5. The van der Waals surface area contributed by atoms with Crippen molar-refractivity contribution in [2.45, 2.75) is 52.6 Å². The van der Waals surface area contributed by atoms with E-state index in [2.05, 4.69) is 35.6 Å². The number of urea groups is 1. The molecule has 0 spiro atoms. The van der Waals surface area contributed by atoms with Gasteiger partial charge in [-0.25, -0.2) is 4.79 Å². The highest BCUT2D eigenvalue weighted by molar-refractivity contribution is 6.21. The quantitative estimate of drug-likeness (QED) is 0.500. The number of carbonyl (C=O) groups is 3. The van der Waals surface area contributed by atoms with Gasteiger partial charge in [-0.15, -0.1) is 0 Å². The molecule has 10 heteroatoms. The number of ether oxygens (including phenoxy) is 3. The lowest BCUT2D eigenvalue weighted by Crippen LogP contribution is -2.69. The predicted octanol–water partition coefficient (Wildman–Crippen LogP) is 3.23. The monoisotopic (exact) mass is 500 g/mol. The van der Waals surface area contributed by atoms with Crippen LogP contribution in [0.3, 0.4) is 0 Å². The van der Waals surface area contributed by atoms with Crippen molar-refractivity contribution >= 4 is 23.6 Å². The first-order valence-electron chi connectivity index (χ1n) is 12.4. The van der Waals surface area contributed by atoms with Crippen LogP contribution in [0.15, 0.2) is 41.2 Å². The maximum absolute atomic E-state index is 12.5. The molecular weight excluding hydrogens is 464 g/mol. The fourth-order valence-corrected chi connectivity index (χ4v) is 4.28. The lowest BCUT2D eigenvalue weighted by atomic mass is 9.93. The van der Waals surface area contributed by atoms with Gasteiger partial charge in [0.1, 0.15) is 17.3 Å². The van der Waals surface area contributed by atoms with Gasteiger partial charge in [-0.1, -0.05) is 27.7 Å². The highest BCUT2D eigenvalue weighted by atomic mass is 16.5. The lowest BCUT2D eigenvalue weighted by Gasteiger charge is -2.34. The third-order valence-corrected chi connectivity index (χ3v) is 5.91. The van der Waals surface area contributed by atoms with Gasteiger partial charge in [0, 0.05) is 44.7 Å². The molecule has 2 aliphatic heterocycles. The normalized spacial score (nSPS) is 20.4. The Labute approximate surface area is 212 Å². The first kappa shape index (κ1) is 27.2. The summed E-state index contributed by atoms with van der Waals surface area (Å²) in [7, 11) is 1.45. The van der Waals surface area contributed by atoms with Crippen molar-refractivity contribution in [2.75, 3.05) is 26.8 Å². The van der Waals surface area contributed by atoms with Crippen LogP contribution in [0.1, 0.15) is 47.0 Å². The van der Waals surface area contributed by atoms with Crippen LogP contribution in [0.4, 0.5) is 4.79 Å². The smallest absolute Gasteiger partial charge is 0.328 e. The summed E-state index contributed by atoms with van der Waals surface area (Å²) in [5, 5.41) is 11.1. The number of benzene rings is 1. The average Bonchev–Trinajstić information content (AvgIpc) is 3.24. The van der Waals surface area contributed by atoms with Gasteiger partial charge < -0.3 is 14.2 Å². The molecule has 10 nitrogen and oxygen atoms in total. The number of rotatable bonds is 9. The highest BCUT2D eigenvalue weighted by Crippen LogP contribution is 2.31. The Morgan fingerprint density at radius 2 is 1.69 bits per heavy atom. The number of nitrogens with one attached hydrogen (secondary N) is 2. The lowest BCUT2D eigenvalue weighted by molar-refractivity contribution is -0.153. The summed E-state index contributed by atoms with van der Waals surface area (Å²) in [5.74, 6) is 0.981. The summed E-state index contributed by atoms with van der Waals surface area (Å²) >= 11 is 0. The van der Waals surface area contributed by atoms with Crippen molar-refractivity contribution in [1.29, 1.82) is 0 Å². The van der Waals surface area contributed by atoms with Crippen LogP contribution >= 0.6 is 0 Å². The number of barbiturate groups is 1. The molecule has 1 aromatic carbocycles. The van der Waals surface area contributed by atoms with E-state index in [-0.39, 0.29) is 24.7 Å². The first-order chi connectivity index (χ1) is 17.3. The largest absolute Gasteiger partial charge is 0.467 e. The Bertz CT molecular complexity index is 998. The van der Waals surface area contributed by atoms with Crippen LogP contribution in [0.5, 0.6) is 11.5 Å². The molecule has 0 saturated carbocycles. The topological polar surface area (TPSA) is 119 Å². The number of hydrazone groups is 1. The van der Waals surface area contributed by atoms with Crippen molar-refractivity contribution in [3.8, 4) is 11.5 Å². The molecule has 2 heterocycles. The maximum atomic E-state index is 12.5. The molecule has 2 N–H and O–H groups in total. The van der Waals surface area contributed by atoms with E-state index < -0.39 is 23.4 Å². The molecule has 0 aromatic heterocycles. The molecule has 1 aliphatic carbocycles. The van der Waals surface area contributed by atoms with Gasteiger partial charge in [0.25, 0.3) is 17.4 Å². The fraction of sp³-hybridized carbons (Fsp3) is 0.538. The number of nitrogens with zero attached hydrogens (tertiary/aromatic N) is 2. The van der Waals surface area contributed by atoms with Crippen LogP contribution < -0.4 is 20.1 Å². The highest BCUT2D eigenvalue weighted by Gasteiger charge is 2.52. The molecule has 1 atom stereocenters. The summed E-state index contributed by atoms with van der Waals surface area (Å²) in [6.07, 6.45) is 3.73. The molecule has 0 bridgehead atoms. The minimum atomic E-state index is -1.90. The number of fused-ring (bicyclic) bond motifs is 1. The van der Waals surface area contributed by atoms with Gasteiger partial charge >= 0.3 is 6.03 Å². The Kier molecular flexibility index (Phi) is 9.08. The summed E-state index contributed by atoms with van der Waals surface area (Å²) in [6, 6.07) is 5.80. The number of allylic oxidation sites excluding steroid dienone is 1. The van der Waals surface area contributed by atoms with Crippen molar-refractivity contribution in [3.63, 3.8) is 0 Å². The van der Waals surface area contributed by atoms with Crippen molar-refractivity contribution < 1.29 is 28.6 Å². The number of amides is 4. The van der Waals surface area contributed by atoms with E-state index in [0.29, 0.717) is 11.7 Å². The van der Waals surface area contributed by atoms with E-state index in [0.717, 1.165) is 31.7 Å². The zero-order valence-corrected chi connectivity index (χ0v) is 21.6. The van der Waals surface area contributed by atoms with Crippen LogP contribution in [-0.2, 0) is 14.3 Å². The summed E-state index contributed by atoms with van der Waals surface area (Å²) < 4.78 is 16.9. The van der Waals surface area contributed by atoms with E-state index in [1.54, 1.807) is 24.3 Å². The number of hydrogen-bond acceptors (Lipinski definition) is 8. The van der Waals surface area contributed by atoms with Gasteiger partial charge in [-0.3, -0.25) is 25.2 Å². The van der Waals surface area contributed by atoms with E-state index in [1.807, 2.05) is 13.8 Å². The van der Waals surface area contributed by atoms with Crippen molar-refractivity contribution in [3.05, 3.63) is 36.1 Å².